The van der Waals surface area contributed by atoms with Gasteiger partial charge >= 0.3 is 11.4 Å². The molecule has 9 nitrogen and oxygen atoms in total. The van der Waals surface area contributed by atoms with Gasteiger partial charge in [-0.1, -0.05) is 60.7 Å². The van der Waals surface area contributed by atoms with Gasteiger partial charge < -0.3 is 9.47 Å². The van der Waals surface area contributed by atoms with Gasteiger partial charge in [0.2, 0.25) is 0 Å². The molecule has 4 rings (SSSR count). The lowest BCUT2D eigenvalue weighted by atomic mass is 10.0. The van der Waals surface area contributed by atoms with Crippen LogP contribution in [0.5, 0.6) is 11.5 Å². The highest BCUT2D eigenvalue weighted by Crippen LogP contribution is 2.32. The van der Waals surface area contributed by atoms with Crippen LogP contribution in [0.2, 0.25) is 0 Å². The summed E-state index contributed by atoms with van der Waals surface area (Å²) in [4.78, 5) is 35.0. The van der Waals surface area contributed by atoms with Gasteiger partial charge in [0.25, 0.3) is 0 Å². The summed E-state index contributed by atoms with van der Waals surface area (Å²) in [6.07, 6.45) is 0. The van der Waals surface area contributed by atoms with Crippen LogP contribution in [0, 0.1) is 20.2 Å². The fraction of sp³-hybridized carbons (Fsp3) is 0.0741. The van der Waals surface area contributed by atoms with Crippen LogP contribution in [0.25, 0.3) is 0 Å². The van der Waals surface area contributed by atoms with E-state index in [2.05, 4.69) is 0 Å². The quantitative estimate of drug-likeness (QED) is 0.156. The largest absolute Gasteiger partial charge is 0.482 e. The Morgan fingerprint density at radius 2 is 1.00 bits per heavy atom. The number of carbonyl (C=O) groups excluding carboxylic acids is 1. The maximum atomic E-state index is 13.1. The second-order valence-corrected chi connectivity index (χ2v) is 7.76. The van der Waals surface area contributed by atoms with Gasteiger partial charge in [0, 0.05) is 23.3 Å². The van der Waals surface area contributed by atoms with Crippen molar-refractivity contribution in [2.45, 2.75) is 13.2 Å². The number of nitrogens with zero attached hydrogens (tertiary/aromatic N) is 2. The fourth-order valence-corrected chi connectivity index (χ4v) is 3.48. The third-order valence-electron chi connectivity index (χ3n) is 5.31. The predicted octanol–water partition coefficient (Wildman–Crippen LogP) is 5.89. The van der Waals surface area contributed by atoms with Crippen LogP contribution < -0.4 is 9.47 Å². The molecule has 0 radical (unpaired) electrons. The summed E-state index contributed by atoms with van der Waals surface area (Å²) in [6.45, 7) is 0.233. The van der Waals surface area contributed by atoms with Crippen LogP contribution in [0.1, 0.15) is 27.0 Å². The average molecular weight is 484 g/mol. The summed E-state index contributed by atoms with van der Waals surface area (Å²) in [7, 11) is 0. The Hall–Kier alpha value is -5.05. The molecule has 4 aromatic carbocycles. The van der Waals surface area contributed by atoms with E-state index in [1.165, 1.54) is 24.3 Å². The van der Waals surface area contributed by atoms with E-state index in [0.717, 1.165) is 23.3 Å². The summed E-state index contributed by atoms with van der Waals surface area (Å²) in [6, 6.07) is 26.0. The fourth-order valence-electron chi connectivity index (χ4n) is 3.48. The predicted molar refractivity (Wildman–Crippen MR) is 131 cm³/mol. The van der Waals surface area contributed by atoms with Crippen LogP contribution in [0.15, 0.2) is 97.1 Å². The molecule has 0 aromatic heterocycles. The van der Waals surface area contributed by atoms with E-state index in [0.29, 0.717) is 0 Å². The maximum Gasteiger partial charge on any atom is 0.311 e. The molecule has 0 amide bonds. The van der Waals surface area contributed by atoms with Crippen molar-refractivity contribution >= 4 is 17.2 Å². The van der Waals surface area contributed by atoms with Crippen molar-refractivity contribution in [3.8, 4) is 11.5 Å². The molecule has 0 fully saturated rings. The number of nitro benzene ring substituents is 2. The molecular formula is C27H20N2O7. The summed E-state index contributed by atoms with van der Waals surface area (Å²) in [5.74, 6) is -0.586. The maximum absolute atomic E-state index is 13.1. The summed E-state index contributed by atoms with van der Waals surface area (Å²) in [5.41, 5.74) is 0.896. The molecule has 4 aromatic rings. The van der Waals surface area contributed by atoms with E-state index in [1.54, 1.807) is 0 Å². The van der Waals surface area contributed by atoms with Crippen molar-refractivity contribution in [2.75, 3.05) is 0 Å². The number of hydrogen-bond acceptors (Lipinski definition) is 7. The van der Waals surface area contributed by atoms with Gasteiger partial charge in [0.05, 0.1) is 9.85 Å². The second kappa shape index (κ2) is 10.9. The van der Waals surface area contributed by atoms with E-state index < -0.39 is 15.6 Å². The van der Waals surface area contributed by atoms with Gasteiger partial charge in [-0.2, -0.15) is 0 Å². The highest BCUT2D eigenvalue weighted by atomic mass is 16.6. The first kappa shape index (κ1) is 24.1. The van der Waals surface area contributed by atoms with Crippen molar-refractivity contribution in [1.29, 1.82) is 0 Å². The van der Waals surface area contributed by atoms with Gasteiger partial charge in [-0.3, -0.25) is 25.0 Å². The third-order valence-corrected chi connectivity index (χ3v) is 5.31. The van der Waals surface area contributed by atoms with Crippen LogP contribution in [-0.2, 0) is 13.2 Å². The lowest BCUT2D eigenvalue weighted by Gasteiger charge is -2.10. The summed E-state index contributed by atoms with van der Waals surface area (Å²) >= 11 is 0. The van der Waals surface area contributed by atoms with E-state index in [-0.39, 0.29) is 47.2 Å². The number of ketones is 1. The second-order valence-electron chi connectivity index (χ2n) is 7.76. The molecule has 0 atom stereocenters. The molecule has 0 unspecified atom stereocenters. The summed E-state index contributed by atoms with van der Waals surface area (Å²) < 4.78 is 11.2. The first-order valence-electron chi connectivity index (χ1n) is 10.9. The zero-order valence-corrected chi connectivity index (χ0v) is 18.9. The minimum absolute atomic E-state index is 0.000938. The minimum Gasteiger partial charge on any atom is -0.482 e. The number of ether oxygens (including phenoxy) is 2. The Morgan fingerprint density at radius 1 is 0.611 bits per heavy atom. The van der Waals surface area contributed by atoms with Crippen LogP contribution in [-0.4, -0.2) is 15.6 Å². The first-order valence-corrected chi connectivity index (χ1v) is 10.9. The van der Waals surface area contributed by atoms with Gasteiger partial charge in [-0.15, -0.1) is 0 Å². The number of rotatable bonds is 10. The normalized spacial score (nSPS) is 10.4. The highest BCUT2D eigenvalue weighted by Gasteiger charge is 2.23. The topological polar surface area (TPSA) is 122 Å². The Labute approximate surface area is 205 Å². The average Bonchev–Trinajstić information content (AvgIpc) is 2.91. The zero-order chi connectivity index (χ0) is 25.5. The molecule has 0 aliphatic heterocycles. The number of hydrogen-bond donors (Lipinski definition) is 0. The molecule has 0 saturated carbocycles. The Bertz CT molecular complexity index is 1300. The standard InChI is InChI=1S/C27H20N2O7/c30-27(21-11-13-25(23(15-21)28(31)32)35-17-19-7-3-1-4-8-19)22-12-14-26(24(16-22)29(33)34)36-18-20-9-5-2-6-10-20/h1-16H,17-18H2. The Balaban J connectivity index is 1.56. The smallest absolute Gasteiger partial charge is 0.311 e. The number of benzene rings is 4. The third kappa shape index (κ3) is 5.71. The molecule has 0 bridgehead atoms. The SMILES string of the molecule is O=C(c1ccc(OCc2ccccc2)c([N+](=O)[O-])c1)c1ccc(OCc2ccccc2)c([N+](=O)[O-])c1. The molecule has 0 aliphatic carbocycles. The van der Waals surface area contributed by atoms with E-state index >= 15 is 0 Å². The van der Waals surface area contributed by atoms with Crippen molar-refractivity contribution < 1.29 is 24.1 Å². The van der Waals surface area contributed by atoms with E-state index in [1.807, 2.05) is 60.7 Å². The van der Waals surface area contributed by atoms with Gasteiger partial charge in [0.1, 0.15) is 13.2 Å². The lowest BCUT2D eigenvalue weighted by molar-refractivity contribution is -0.386. The van der Waals surface area contributed by atoms with Crippen LogP contribution in [0.3, 0.4) is 0 Å². The lowest BCUT2D eigenvalue weighted by Crippen LogP contribution is -2.06. The van der Waals surface area contributed by atoms with Crippen molar-refractivity contribution in [3.63, 3.8) is 0 Å². The van der Waals surface area contributed by atoms with Crippen LogP contribution >= 0.6 is 0 Å². The zero-order valence-electron chi connectivity index (χ0n) is 18.9. The molecule has 180 valence electrons. The molecular weight excluding hydrogens is 464 g/mol. The minimum atomic E-state index is -0.639. The molecule has 36 heavy (non-hydrogen) atoms. The number of carbonyl (C=O) groups is 1. The molecule has 0 aliphatic rings. The van der Waals surface area contributed by atoms with Gasteiger partial charge in [-0.05, 0) is 35.4 Å². The Kier molecular flexibility index (Phi) is 7.30. The van der Waals surface area contributed by atoms with Gasteiger partial charge in [0.15, 0.2) is 17.3 Å². The van der Waals surface area contributed by atoms with Crippen molar-refractivity contribution in [3.05, 3.63) is 140 Å². The van der Waals surface area contributed by atoms with Gasteiger partial charge in [-0.25, -0.2) is 0 Å². The van der Waals surface area contributed by atoms with Crippen molar-refractivity contribution in [2.24, 2.45) is 0 Å². The van der Waals surface area contributed by atoms with Crippen LogP contribution in [0.4, 0.5) is 11.4 Å². The van der Waals surface area contributed by atoms with E-state index in [9.17, 15) is 25.0 Å². The summed E-state index contributed by atoms with van der Waals surface area (Å²) in [5, 5.41) is 23.3. The first-order chi connectivity index (χ1) is 17.4. The molecule has 0 heterocycles. The van der Waals surface area contributed by atoms with Crippen molar-refractivity contribution in [1.82, 2.24) is 0 Å². The monoisotopic (exact) mass is 484 g/mol. The molecule has 9 heteroatoms. The molecule has 0 spiro atoms. The highest BCUT2D eigenvalue weighted by molar-refractivity contribution is 6.10. The molecule has 0 saturated heterocycles. The molecule has 0 N–H and O–H groups in total. The Morgan fingerprint density at radius 3 is 1.36 bits per heavy atom. The van der Waals surface area contributed by atoms with E-state index in [4.69, 9.17) is 9.47 Å². The number of nitro groups is 2.